The molecule has 4 nitrogen and oxygen atoms in total. The van der Waals surface area contributed by atoms with E-state index < -0.39 is 0 Å². The number of hydrogen-bond donors (Lipinski definition) is 1. The van der Waals surface area contributed by atoms with Crippen molar-refractivity contribution in [3.8, 4) is 0 Å². The molecule has 2 heterocycles. The molecule has 1 aromatic heterocycles. The van der Waals surface area contributed by atoms with Crippen LogP contribution in [0.2, 0.25) is 0 Å². The summed E-state index contributed by atoms with van der Waals surface area (Å²) in [5.74, 6) is 2.99. The van der Waals surface area contributed by atoms with E-state index in [1.54, 1.807) is 0 Å². The van der Waals surface area contributed by atoms with E-state index in [0.29, 0.717) is 23.5 Å². The lowest BCUT2D eigenvalue weighted by molar-refractivity contribution is -0.145. The quantitative estimate of drug-likeness (QED) is 0.527. The van der Waals surface area contributed by atoms with Gasteiger partial charge >= 0.3 is 0 Å². The highest BCUT2D eigenvalue weighted by Gasteiger charge is 2.80. The average molecular weight is 414 g/mol. The van der Waals surface area contributed by atoms with Crippen LogP contribution in [0.1, 0.15) is 83.1 Å². The van der Waals surface area contributed by atoms with E-state index in [0.717, 1.165) is 37.3 Å². The molecule has 0 radical (unpaired) electrons. The Hall–Kier alpha value is -0.840. The second-order valence-electron chi connectivity index (χ2n) is 11.6. The van der Waals surface area contributed by atoms with Crippen molar-refractivity contribution >= 4 is 0 Å². The normalized spacial score (nSPS) is 51.6. The van der Waals surface area contributed by atoms with Gasteiger partial charge in [-0.15, -0.1) is 0 Å². The molecule has 4 saturated carbocycles. The zero-order valence-corrected chi connectivity index (χ0v) is 18.8. The molecule has 166 valence electrons. The summed E-state index contributed by atoms with van der Waals surface area (Å²) in [6.45, 7) is 6.75. The van der Waals surface area contributed by atoms with Crippen molar-refractivity contribution in [2.24, 2.45) is 34.3 Å². The summed E-state index contributed by atoms with van der Waals surface area (Å²) in [6.07, 6.45) is 16.2. The van der Waals surface area contributed by atoms with Crippen LogP contribution in [0.4, 0.5) is 0 Å². The van der Waals surface area contributed by atoms with Crippen molar-refractivity contribution in [1.82, 2.24) is 0 Å². The van der Waals surface area contributed by atoms with Crippen LogP contribution in [0.3, 0.4) is 0 Å². The van der Waals surface area contributed by atoms with Gasteiger partial charge in [0, 0.05) is 12.0 Å². The highest BCUT2D eigenvalue weighted by atomic mass is 16.6. The van der Waals surface area contributed by atoms with Crippen molar-refractivity contribution in [1.29, 1.82) is 0 Å². The van der Waals surface area contributed by atoms with Gasteiger partial charge in [0.05, 0.1) is 24.7 Å². The average Bonchev–Trinajstić information content (AvgIpc) is 3.09. The molecular weight excluding hydrogens is 374 g/mol. The summed E-state index contributed by atoms with van der Waals surface area (Å²) in [5.41, 5.74) is 7.94. The first-order chi connectivity index (χ1) is 14.5. The van der Waals surface area contributed by atoms with Crippen LogP contribution in [-0.2, 0) is 9.47 Å². The van der Waals surface area contributed by atoms with Gasteiger partial charge in [-0.25, -0.2) is 0 Å². The van der Waals surface area contributed by atoms with E-state index in [1.807, 2.05) is 12.5 Å². The van der Waals surface area contributed by atoms with Crippen LogP contribution in [0.25, 0.3) is 0 Å². The maximum absolute atomic E-state index is 6.69. The van der Waals surface area contributed by atoms with E-state index in [-0.39, 0.29) is 11.0 Å². The Morgan fingerprint density at radius 1 is 1.10 bits per heavy atom. The van der Waals surface area contributed by atoms with E-state index in [9.17, 15) is 0 Å². The lowest BCUT2D eigenvalue weighted by atomic mass is 9.44. The molecular formula is C26H39NO3. The summed E-state index contributed by atoms with van der Waals surface area (Å²) in [4.78, 5) is 0. The molecule has 9 atom stereocenters. The number of ether oxygens (including phenoxy) is 2. The van der Waals surface area contributed by atoms with Crippen molar-refractivity contribution in [3.05, 3.63) is 24.2 Å². The maximum Gasteiger partial charge on any atom is 0.104 e. The summed E-state index contributed by atoms with van der Waals surface area (Å²) in [6, 6.07) is 2.20. The first kappa shape index (κ1) is 19.8. The minimum atomic E-state index is 0.139. The SMILES string of the molecule is C[C@]12CC[C@H](OCCCN)C[C@H]1CC[C@@H]1[C@@H]2CC[C@]2(C)[C@@H](c3ccoc3)C[C@H]3O[C@]132. The third-order valence-corrected chi connectivity index (χ3v) is 10.7. The Morgan fingerprint density at radius 3 is 2.80 bits per heavy atom. The fourth-order valence-corrected chi connectivity index (χ4v) is 9.11. The second kappa shape index (κ2) is 6.83. The number of fused-ring (bicyclic) bond motifs is 3. The molecule has 30 heavy (non-hydrogen) atoms. The predicted octanol–water partition coefficient (Wildman–Crippen LogP) is 5.27. The molecule has 6 rings (SSSR count). The molecule has 5 fully saturated rings. The van der Waals surface area contributed by atoms with Gasteiger partial charge in [-0.1, -0.05) is 13.8 Å². The largest absolute Gasteiger partial charge is 0.472 e. The zero-order valence-electron chi connectivity index (χ0n) is 18.8. The molecule has 5 aliphatic rings. The third-order valence-electron chi connectivity index (χ3n) is 10.7. The first-order valence-electron chi connectivity index (χ1n) is 12.5. The van der Waals surface area contributed by atoms with Gasteiger partial charge in [0.2, 0.25) is 0 Å². The standard InChI is InChI=1S/C26H39NO3/c1-24-9-6-19(29-12-3-11-27)14-18(24)4-5-21-20(24)7-10-25(2)22(17-8-13-28-16-17)15-23-26(21,25)30-23/h8,13,16,18-23H,3-7,9-12,14-15,27H2,1-2H3/t18-,19+,20+,21-,22-,23-,24+,25-,26-/m1/s1. The van der Waals surface area contributed by atoms with Gasteiger partial charge < -0.3 is 19.6 Å². The topological polar surface area (TPSA) is 60.9 Å². The molecule has 2 N–H and O–H groups in total. The first-order valence-corrected chi connectivity index (χ1v) is 12.5. The van der Waals surface area contributed by atoms with E-state index in [2.05, 4.69) is 19.9 Å². The van der Waals surface area contributed by atoms with Crippen LogP contribution in [0, 0.1) is 28.6 Å². The third kappa shape index (κ3) is 2.50. The molecule has 1 aliphatic heterocycles. The Labute approximate surface area is 181 Å². The molecule has 4 heteroatoms. The molecule has 0 amide bonds. The highest BCUT2D eigenvalue weighted by molar-refractivity contribution is 5.35. The molecule has 1 saturated heterocycles. The zero-order chi connectivity index (χ0) is 20.6. The van der Waals surface area contributed by atoms with Crippen molar-refractivity contribution in [2.75, 3.05) is 13.2 Å². The lowest BCUT2D eigenvalue weighted by Crippen LogP contribution is -2.58. The number of hydrogen-bond acceptors (Lipinski definition) is 4. The molecule has 4 aliphatic carbocycles. The molecule has 0 aromatic carbocycles. The Balaban J connectivity index is 1.23. The Kier molecular flexibility index (Phi) is 4.51. The van der Waals surface area contributed by atoms with Crippen LogP contribution >= 0.6 is 0 Å². The van der Waals surface area contributed by atoms with Gasteiger partial charge in [0.1, 0.15) is 5.60 Å². The van der Waals surface area contributed by atoms with Gasteiger partial charge in [-0.05, 0) is 105 Å². The highest BCUT2D eigenvalue weighted by Crippen LogP contribution is 2.78. The minimum absolute atomic E-state index is 0.139. The fraction of sp³-hybridized carbons (Fsp3) is 0.846. The van der Waals surface area contributed by atoms with Crippen LogP contribution in [0.5, 0.6) is 0 Å². The van der Waals surface area contributed by atoms with Crippen molar-refractivity contribution in [2.45, 2.75) is 95.4 Å². The van der Waals surface area contributed by atoms with Crippen molar-refractivity contribution in [3.63, 3.8) is 0 Å². The summed E-state index contributed by atoms with van der Waals surface area (Å²) in [7, 11) is 0. The summed E-state index contributed by atoms with van der Waals surface area (Å²) < 4.78 is 18.4. The number of furan rings is 1. The summed E-state index contributed by atoms with van der Waals surface area (Å²) in [5, 5.41) is 0. The van der Waals surface area contributed by atoms with Crippen LogP contribution in [-0.4, -0.2) is 31.0 Å². The van der Waals surface area contributed by atoms with Gasteiger partial charge in [0.15, 0.2) is 0 Å². The monoisotopic (exact) mass is 413 g/mol. The lowest BCUT2D eigenvalue weighted by Gasteiger charge is -2.61. The minimum Gasteiger partial charge on any atom is -0.472 e. The van der Waals surface area contributed by atoms with E-state index in [1.165, 1.54) is 56.9 Å². The van der Waals surface area contributed by atoms with E-state index >= 15 is 0 Å². The maximum atomic E-state index is 6.69. The van der Waals surface area contributed by atoms with Gasteiger partial charge in [-0.2, -0.15) is 0 Å². The number of nitrogens with two attached hydrogens (primary N) is 1. The molecule has 0 unspecified atom stereocenters. The van der Waals surface area contributed by atoms with Crippen LogP contribution in [0.15, 0.2) is 23.0 Å². The molecule has 0 bridgehead atoms. The molecule has 1 aromatic rings. The summed E-state index contributed by atoms with van der Waals surface area (Å²) >= 11 is 0. The fourth-order valence-electron chi connectivity index (χ4n) is 9.11. The Bertz CT molecular complexity index is 779. The Morgan fingerprint density at radius 2 is 2.00 bits per heavy atom. The number of epoxide rings is 1. The van der Waals surface area contributed by atoms with Gasteiger partial charge in [-0.3, -0.25) is 0 Å². The smallest absolute Gasteiger partial charge is 0.104 e. The number of rotatable bonds is 5. The van der Waals surface area contributed by atoms with Crippen LogP contribution < -0.4 is 5.73 Å². The van der Waals surface area contributed by atoms with Gasteiger partial charge in [0.25, 0.3) is 0 Å². The molecule has 1 spiro atoms. The predicted molar refractivity (Wildman–Crippen MR) is 116 cm³/mol. The van der Waals surface area contributed by atoms with E-state index in [4.69, 9.17) is 19.6 Å². The van der Waals surface area contributed by atoms with Crippen molar-refractivity contribution < 1.29 is 13.9 Å². The second-order valence-corrected chi connectivity index (χ2v) is 11.6.